The summed E-state index contributed by atoms with van der Waals surface area (Å²) >= 11 is 8.18. The van der Waals surface area contributed by atoms with Gasteiger partial charge in [0.1, 0.15) is 17.5 Å². The third kappa shape index (κ3) is 2.70. The zero-order valence-corrected chi connectivity index (χ0v) is 14.3. The van der Waals surface area contributed by atoms with Crippen molar-refractivity contribution < 1.29 is 0 Å². The minimum Gasteiger partial charge on any atom is -0.384 e. The molecular weight excluding hydrogens is 409 g/mol. The van der Waals surface area contributed by atoms with Gasteiger partial charge in [0.15, 0.2) is 0 Å². The topological polar surface area (TPSA) is 54.7 Å². The van der Waals surface area contributed by atoms with E-state index < -0.39 is 0 Å². The molecule has 0 aliphatic rings. The van der Waals surface area contributed by atoms with Gasteiger partial charge >= 0.3 is 0 Å². The summed E-state index contributed by atoms with van der Waals surface area (Å²) in [6, 6.07) is 17.5. The molecule has 0 saturated heterocycles. The summed E-state index contributed by atoms with van der Waals surface area (Å²) in [6.07, 6.45) is 1.89. The van der Waals surface area contributed by atoms with Gasteiger partial charge in [0.25, 0.3) is 0 Å². The van der Waals surface area contributed by atoms with Gasteiger partial charge in [-0.15, -0.1) is 0 Å². The van der Waals surface area contributed by atoms with Crippen LogP contribution in [0.15, 0.2) is 54.7 Å². The average molecular weight is 420 g/mol. The van der Waals surface area contributed by atoms with Crippen LogP contribution in [0.3, 0.4) is 0 Å². The molecule has 0 radical (unpaired) electrons. The normalized spacial score (nSPS) is 10.4. The number of rotatable bonds is 2. The van der Waals surface area contributed by atoms with E-state index in [0.717, 1.165) is 20.4 Å². The third-order valence-corrected chi connectivity index (χ3v) is 4.39. The van der Waals surface area contributed by atoms with E-state index in [4.69, 9.17) is 17.3 Å². The summed E-state index contributed by atoms with van der Waals surface area (Å²) in [5.41, 5.74) is 9.28. The highest BCUT2D eigenvalue weighted by Gasteiger charge is 2.15. The first-order valence-electron chi connectivity index (χ1n) is 6.53. The van der Waals surface area contributed by atoms with E-state index in [0.29, 0.717) is 16.4 Å². The molecule has 0 saturated carbocycles. The lowest BCUT2D eigenvalue weighted by atomic mass is 10.1. The van der Waals surface area contributed by atoms with Crippen LogP contribution in [0.2, 0.25) is 5.02 Å². The monoisotopic (exact) mass is 419 g/mol. The van der Waals surface area contributed by atoms with Gasteiger partial charge in [0.2, 0.25) is 0 Å². The van der Waals surface area contributed by atoms with E-state index in [1.165, 1.54) is 0 Å². The Morgan fingerprint density at radius 3 is 2.27 bits per heavy atom. The highest BCUT2D eigenvalue weighted by molar-refractivity contribution is 14.1. The summed E-state index contributed by atoms with van der Waals surface area (Å²) in [5, 5.41) is 10.1. The van der Waals surface area contributed by atoms with Crippen molar-refractivity contribution in [2.75, 3.05) is 5.73 Å². The maximum absolute atomic E-state index is 9.45. The SMILES string of the molecule is N#Cc1c(-c2ccc(Cl)cc2)cn(-c2ccc(I)cc2)c1N. The minimum atomic E-state index is 0.439. The second-order valence-electron chi connectivity index (χ2n) is 4.77. The zero-order chi connectivity index (χ0) is 15.7. The summed E-state index contributed by atoms with van der Waals surface area (Å²) in [4.78, 5) is 0. The van der Waals surface area contributed by atoms with Gasteiger partial charge < -0.3 is 10.3 Å². The smallest absolute Gasteiger partial charge is 0.126 e. The molecule has 5 heteroatoms. The predicted octanol–water partition coefficient (Wildman–Crippen LogP) is 4.86. The first-order chi connectivity index (χ1) is 10.6. The maximum Gasteiger partial charge on any atom is 0.126 e. The highest BCUT2D eigenvalue weighted by Crippen LogP contribution is 2.32. The number of hydrogen-bond acceptors (Lipinski definition) is 2. The molecule has 22 heavy (non-hydrogen) atoms. The van der Waals surface area contributed by atoms with Crippen LogP contribution in [0.25, 0.3) is 16.8 Å². The fourth-order valence-corrected chi connectivity index (χ4v) is 2.79. The first-order valence-corrected chi connectivity index (χ1v) is 7.98. The van der Waals surface area contributed by atoms with Crippen molar-refractivity contribution in [1.29, 1.82) is 5.26 Å². The summed E-state index contributed by atoms with van der Waals surface area (Å²) in [7, 11) is 0. The van der Waals surface area contributed by atoms with Gasteiger partial charge in [-0.1, -0.05) is 23.7 Å². The van der Waals surface area contributed by atoms with Crippen LogP contribution >= 0.6 is 34.2 Å². The quantitative estimate of drug-likeness (QED) is 0.603. The Kier molecular flexibility index (Phi) is 4.10. The maximum atomic E-state index is 9.45. The molecule has 3 rings (SSSR count). The van der Waals surface area contributed by atoms with Gasteiger partial charge in [-0.3, -0.25) is 0 Å². The summed E-state index contributed by atoms with van der Waals surface area (Å²) in [6.45, 7) is 0. The Bertz CT molecular complexity index is 859. The molecule has 108 valence electrons. The van der Waals surface area contributed by atoms with Crippen molar-refractivity contribution in [3.8, 4) is 22.9 Å². The molecule has 0 fully saturated rings. The molecule has 0 spiro atoms. The van der Waals surface area contributed by atoms with E-state index in [1.807, 2.05) is 47.2 Å². The number of nitrogens with zero attached hydrogens (tertiary/aromatic N) is 2. The van der Waals surface area contributed by atoms with Gasteiger partial charge in [-0.25, -0.2) is 0 Å². The number of aromatic nitrogens is 1. The van der Waals surface area contributed by atoms with Crippen LogP contribution in [-0.2, 0) is 0 Å². The lowest BCUT2D eigenvalue weighted by Crippen LogP contribution is -1.99. The highest BCUT2D eigenvalue weighted by atomic mass is 127. The number of halogens is 2. The molecule has 0 aliphatic carbocycles. The second-order valence-corrected chi connectivity index (χ2v) is 6.45. The standard InChI is InChI=1S/C17H11ClIN3/c18-12-3-1-11(2-4-12)16-10-22(17(21)15(16)9-20)14-7-5-13(19)6-8-14/h1-8,10H,21H2. The fraction of sp³-hybridized carbons (Fsp3) is 0. The van der Waals surface area contributed by atoms with Crippen molar-refractivity contribution in [2.45, 2.75) is 0 Å². The van der Waals surface area contributed by atoms with Crippen molar-refractivity contribution in [1.82, 2.24) is 4.57 Å². The first kappa shape index (κ1) is 14.9. The van der Waals surface area contributed by atoms with E-state index >= 15 is 0 Å². The summed E-state index contributed by atoms with van der Waals surface area (Å²) < 4.78 is 2.98. The van der Waals surface area contributed by atoms with Crippen LogP contribution in [0.4, 0.5) is 5.82 Å². The lowest BCUT2D eigenvalue weighted by Gasteiger charge is -2.05. The Morgan fingerprint density at radius 1 is 1.05 bits per heavy atom. The van der Waals surface area contributed by atoms with Crippen LogP contribution in [0.5, 0.6) is 0 Å². The minimum absolute atomic E-state index is 0.439. The Morgan fingerprint density at radius 2 is 1.68 bits per heavy atom. The molecule has 3 aromatic rings. The molecule has 0 unspecified atom stereocenters. The lowest BCUT2D eigenvalue weighted by molar-refractivity contribution is 1.09. The largest absolute Gasteiger partial charge is 0.384 e. The van der Waals surface area contributed by atoms with Crippen molar-refractivity contribution in [2.24, 2.45) is 0 Å². The van der Waals surface area contributed by atoms with Gasteiger partial charge in [0, 0.05) is 26.0 Å². The Balaban J connectivity index is 2.17. The molecule has 0 atom stereocenters. The van der Waals surface area contributed by atoms with E-state index in [1.54, 1.807) is 12.1 Å². The third-order valence-electron chi connectivity index (χ3n) is 3.42. The average Bonchev–Trinajstić information content (AvgIpc) is 2.85. The van der Waals surface area contributed by atoms with Crippen LogP contribution < -0.4 is 5.73 Å². The molecule has 0 bridgehead atoms. The van der Waals surface area contributed by atoms with Gasteiger partial charge in [0.05, 0.1) is 0 Å². The van der Waals surface area contributed by atoms with E-state index in [-0.39, 0.29) is 0 Å². The second kappa shape index (κ2) is 6.03. The Labute approximate surface area is 147 Å². The zero-order valence-electron chi connectivity index (χ0n) is 11.4. The molecule has 0 amide bonds. The van der Waals surface area contributed by atoms with E-state index in [9.17, 15) is 5.26 Å². The number of hydrogen-bond donors (Lipinski definition) is 1. The molecule has 2 N–H and O–H groups in total. The number of nitrogens with two attached hydrogens (primary N) is 1. The van der Waals surface area contributed by atoms with Crippen molar-refractivity contribution >= 4 is 40.0 Å². The van der Waals surface area contributed by atoms with Crippen LogP contribution in [-0.4, -0.2) is 4.57 Å². The van der Waals surface area contributed by atoms with Crippen molar-refractivity contribution in [3.05, 3.63) is 68.9 Å². The molecule has 3 nitrogen and oxygen atoms in total. The number of benzene rings is 2. The molecule has 0 aliphatic heterocycles. The summed E-state index contributed by atoms with van der Waals surface area (Å²) in [5.74, 6) is 0.439. The van der Waals surface area contributed by atoms with Crippen LogP contribution in [0.1, 0.15) is 5.56 Å². The molecule has 2 aromatic carbocycles. The molecular formula is C17H11ClIN3. The fourth-order valence-electron chi connectivity index (χ4n) is 2.30. The van der Waals surface area contributed by atoms with Crippen molar-refractivity contribution in [3.63, 3.8) is 0 Å². The number of nitrogen functional groups attached to an aromatic ring is 1. The van der Waals surface area contributed by atoms with Crippen LogP contribution in [0, 0.1) is 14.9 Å². The van der Waals surface area contributed by atoms with Gasteiger partial charge in [-0.05, 0) is 64.6 Å². The van der Waals surface area contributed by atoms with Gasteiger partial charge in [-0.2, -0.15) is 5.26 Å². The predicted molar refractivity (Wildman–Crippen MR) is 98.1 cm³/mol. The Hall–Kier alpha value is -1.97. The number of anilines is 1. The number of nitriles is 1. The molecule has 1 heterocycles. The molecule has 1 aromatic heterocycles. The van der Waals surface area contributed by atoms with E-state index in [2.05, 4.69) is 28.7 Å².